The first-order chi connectivity index (χ1) is 6.09. The number of hydrogen-bond acceptors (Lipinski definition) is 3. The van der Waals surface area contributed by atoms with Crippen molar-refractivity contribution >= 4 is 27.3 Å². The minimum atomic E-state index is -0.286. The van der Waals surface area contributed by atoms with Crippen LogP contribution in [-0.4, -0.2) is 17.8 Å². The van der Waals surface area contributed by atoms with Gasteiger partial charge in [-0.2, -0.15) is 0 Å². The lowest BCUT2D eigenvalue weighted by atomic mass is 10.2. The van der Waals surface area contributed by atoms with Crippen molar-refractivity contribution < 1.29 is 5.11 Å². The van der Waals surface area contributed by atoms with E-state index >= 15 is 0 Å². The molecule has 0 aliphatic heterocycles. The minimum Gasteiger partial charge on any atom is -0.392 e. The molecule has 13 heavy (non-hydrogen) atoms. The summed E-state index contributed by atoms with van der Waals surface area (Å²) in [6, 6.07) is 4.44. The number of halogens is 1. The van der Waals surface area contributed by atoms with Crippen LogP contribution in [0.4, 0.5) is 0 Å². The second-order valence-electron chi connectivity index (χ2n) is 3.12. The molecule has 1 aromatic heterocycles. The van der Waals surface area contributed by atoms with Gasteiger partial charge in [-0.1, -0.05) is 0 Å². The SMILES string of the molecule is C[C@@H](O)CN[C@H](C)c1ccc(Br)s1. The lowest BCUT2D eigenvalue weighted by molar-refractivity contribution is 0.187. The molecule has 4 heteroatoms. The topological polar surface area (TPSA) is 32.3 Å². The molecule has 0 unspecified atom stereocenters. The van der Waals surface area contributed by atoms with Gasteiger partial charge >= 0.3 is 0 Å². The van der Waals surface area contributed by atoms with Gasteiger partial charge in [-0.25, -0.2) is 0 Å². The van der Waals surface area contributed by atoms with Gasteiger partial charge in [0.2, 0.25) is 0 Å². The third-order valence-corrected chi connectivity index (χ3v) is 3.55. The molecule has 0 amide bonds. The Morgan fingerprint density at radius 2 is 2.23 bits per heavy atom. The quantitative estimate of drug-likeness (QED) is 0.876. The molecule has 0 fully saturated rings. The Balaban J connectivity index is 2.44. The third kappa shape index (κ3) is 3.77. The van der Waals surface area contributed by atoms with Crippen LogP contribution in [-0.2, 0) is 0 Å². The Labute approximate surface area is 91.1 Å². The summed E-state index contributed by atoms with van der Waals surface area (Å²) < 4.78 is 1.15. The average molecular weight is 264 g/mol. The van der Waals surface area contributed by atoms with Crippen LogP contribution in [0.25, 0.3) is 0 Å². The first kappa shape index (κ1) is 11.2. The lowest BCUT2D eigenvalue weighted by Gasteiger charge is -2.13. The Morgan fingerprint density at radius 1 is 1.54 bits per heavy atom. The van der Waals surface area contributed by atoms with Crippen molar-refractivity contribution in [1.82, 2.24) is 5.32 Å². The molecule has 1 rings (SSSR count). The van der Waals surface area contributed by atoms with Crippen LogP contribution in [0.2, 0.25) is 0 Å². The van der Waals surface area contributed by atoms with E-state index in [1.165, 1.54) is 4.88 Å². The average Bonchev–Trinajstić information content (AvgIpc) is 2.47. The van der Waals surface area contributed by atoms with Gasteiger partial charge in [-0.3, -0.25) is 0 Å². The molecule has 0 spiro atoms. The van der Waals surface area contributed by atoms with Crippen LogP contribution >= 0.6 is 27.3 Å². The van der Waals surface area contributed by atoms with Gasteiger partial charge in [-0.15, -0.1) is 11.3 Å². The van der Waals surface area contributed by atoms with Crippen molar-refractivity contribution in [3.8, 4) is 0 Å². The molecule has 2 nitrogen and oxygen atoms in total. The fourth-order valence-corrected chi connectivity index (χ4v) is 2.46. The normalized spacial score (nSPS) is 15.7. The summed E-state index contributed by atoms with van der Waals surface area (Å²) in [4.78, 5) is 1.28. The molecule has 1 heterocycles. The van der Waals surface area contributed by atoms with E-state index in [2.05, 4.69) is 34.2 Å². The van der Waals surface area contributed by atoms with Crippen LogP contribution in [0, 0.1) is 0 Å². The van der Waals surface area contributed by atoms with E-state index in [1.54, 1.807) is 18.3 Å². The summed E-state index contributed by atoms with van der Waals surface area (Å²) in [5.41, 5.74) is 0. The Kier molecular flexibility index (Phi) is 4.38. The van der Waals surface area contributed by atoms with E-state index in [0.717, 1.165) is 3.79 Å². The maximum Gasteiger partial charge on any atom is 0.0701 e. The number of thiophene rings is 1. The van der Waals surface area contributed by atoms with Gasteiger partial charge in [-0.05, 0) is 41.9 Å². The molecule has 1 aromatic rings. The largest absolute Gasteiger partial charge is 0.392 e. The molecule has 0 aliphatic rings. The maximum absolute atomic E-state index is 9.09. The highest BCUT2D eigenvalue weighted by Crippen LogP contribution is 2.26. The lowest BCUT2D eigenvalue weighted by Crippen LogP contribution is -2.26. The number of hydrogen-bond donors (Lipinski definition) is 2. The van der Waals surface area contributed by atoms with Crippen molar-refractivity contribution in [3.05, 3.63) is 20.8 Å². The summed E-state index contributed by atoms with van der Waals surface area (Å²) in [6.45, 7) is 4.52. The molecule has 0 radical (unpaired) electrons. The minimum absolute atomic E-state index is 0.286. The van der Waals surface area contributed by atoms with E-state index in [0.29, 0.717) is 12.6 Å². The summed E-state index contributed by atoms with van der Waals surface area (Å²) in [7, 11) is 0. The third-order valence-electron chi connectivity index (χ3n) is 1.74. The van der Waals surface area contributed by atoms with Crippen molar-refractivity contribution in [1.29, 1.82) is 0 Å². The van der Waals surface area contributed by atoms with Gasteiger partial charge in [0.05, 0.1) is 9.89 Å². The van der Waals surface area contributed by atoms with Crippen LogP contribution in [0.5, 0.6) is 0 Å². The number of aliphatic hydroxyl groups excluding tert-OH is 1. The number of nitrogens with one attached hydrogen (secondary N) is 1. The fourth-order valence-electron chi connectivity index (χ4n) is 1.01. The molecule has 0 saturated heterocycles. The zero-order valence-electron chi connectivity index (χ0n) is 7.75. The highest BCUT2D eigenvalue weighted by molar-refractivity contribution is 9.11. The second-order valence-corrected chi connectivity index (χ2v) is 5.62. The van der Waals surface area contributed by atoms with Gasteiger partial charge in [0.1, 0.15) is 0 Å². The van der Waals surface area contributed by atoms with E-state index in [9.17, 15) is 0 Å². The van der Waals surface area contributed by atoms with Crippen molar-refractivity contribution in [2.24, 2.45) is 0 Å². The monoisotopic (exact) mass is 263 g/mol. The van der Waals surface area contributed by atoms with Crippen LogP contribution in [0.1, 0.15) is 24.8 Å². The van der Waals surface area contributed by atoms with Crippen molar-refractivity contribution in [2.45, 2.75) is 26.0 Å². The summed E-state index contributed by atoms with van der Waals surface area (Å²) in [6.07, 6.45) is -0.286. The zero-order chi connectivity index (χ0) is 9.84. The summed E-state index contributed by atoms with van der Waals surface area (Å²) in [5, 5.41) is 12.3. The highest BCUT2D eigenvalue weighted by atomic mass is 79.9. The van der Waals surface area contributed by atoms with Gasteiger partial charge in [0, 0.05) is 17.5 Å². The molecule has 2 atom stereocenters. The molecular formula is C9H14BrNOS. The predicted octanol–water partition coefficient (Wildman–Crippen LogP) is 2.54. The van der Waals surface area contributed by atoms with Crippen LogP contribution in [0.15, 0.2) is 15.9 Å². The zero-order valence-corrected chi connectivity index (χ0v) is 10.2. The molecule has 0 saturated carbocycles. The van der Waals surface area contributed by atoms with E-state index < -0.39 is 0 Å². The van der Waals surface area contributed by atoms with Crippen LogP contribution in [0.3, 0.4) is 0 Å². The van der Waals surface area contributed by atoms with Gasteiger partial charge < -0.3 is 10.4 Å². The Hall–Kier alpha value is 0.1000. The number of rotatable bonds is 4. The summed E-state index contributed by atoms with van der Waals surface area (Å²) >= 11 is 5.14. The van der Waals surface area contributed by atoms with E-state index in [1.807, 2.05) is 6.07 Å². The molecule has 0 bridgehead atoms. The molecular weight excluding hydrogens is 250 g/mol. The Bertz CT molecular complexity index is 262. The molecule has 0 aliphatic carbocycles. The molecule has 74 valence electrons. The fraction of sp³-hybridized carbons (Fsp3) is 0.556. The number of aliphatic hydroxyl groups is 1. The molecule has 0 aromatic carbocycles. The second kappa shape index (κ2) is 5.10. The van der Waals surface area contributed by atoms with Gasteiger partial charge in [0.25, 0.3) is 0 Å². The predicted molar refractivity (Wildman–Crippen MR) is 60.1 cm³/mol. The Morgan fingerprint density at radius 3 is 2.69 bits per heavy atom. The summed E-state index contributed by atoms with van der Waals surface area (Å²) in [5.74, 6) is 0. The van der Waals surface area contributed by atoms with E-state index in [-0.39, 0.29) is 6.10 Å². The van der Waals surface area contributed by atoms with Crippen molar-refractivity contribution in [2.75, 3.05) is 6.54 Å². The van der Waals surface area contributed by atoms with Gasteiger partial charge in [0.15, 0.2) is 0 Å². The maximum atomic E-state index is 9.09. The first-order valence-corrected chi connectivity index (χ1v) is 5.87. The first-order valence-electron chi connectivity index (χ1n) is 4.26. The smallest absolute Gasteiger partial charge is 0.0701 e. The van der Waals surface area contributed by atoms with Crippen molar-refractivity contribution in [3.63, 3.8) is 0 Å². The standard InChI is InChI=1S/C9H14BrNOS/c1-6(12)5-11-7(2)8-3-4-9(10)13-8/h3-4,6-7,11-12H,5H2,1-2H3/t6-,7-/m1/s1. The highest BCUT2D eigenvalue weighted by Gasteiger charge is 2.07. The molecule has 2 N–H and O–H groups in total. The van der Waals surface area contributed by atoms with Crippen LogP contribution < -0.4 is 5.32 Å². The van der Waals surface area contributed by atoms with E-state index in [4.69, 9.17) is 5.11 Å².